The third kappa shape index (κ3) is 2.64. The van der Waals surface area contributed by atoms with Crippen molar-refractivity contribution < 1.29 is 0 Å². The maximum atomic E-state index is 3.62. The van der Waals surface area contributed by atoms with Gasteiger partial charge < -0.3 is 0 Å². The summed E-state index contributed by atoms with van der Waals surface area (Å²) in [5.41, 5.74) is 2.61. The minimum atomic E-state index is 1.13. The highest BCUT2D eigenvalue weighted by Gasteiger charge is 2.13. The molecule has 3 heteroatoms. The first-order chi connectivity index (χ1) is 15.3. The quantitative estimate of drug-likeness (QED) is 0.213. The fraction of sp³-hybridized carbons (Fsp3) is 0. The molecule has 2 aromatic heterocycles. The molecule has 0 aliphatic heterocycles. The maximum absolute atomic E-state index is 3.62. The Kier molecular flexibility index (Phi) is 3.83. The normalized spacial score (nSPS) is 12.0. The molecule has 31 heavy (non-hydrogen) atoms. The number of rotatable bonds is 1. The molecule has 146 valence electrons. The summed E-state index contributed by atoms with van der Waals surface area (Å²) in [6, 6.07) is 33.5. The topological polar surface area (TPSA) is 0 Å². The maximum Gasteiger partial charge on any atom is 0.0434 e. The van der Waals surface area contributed by atoms with E-state index < -0.39 is 0 Å². The minimum Gasteiger partial charge on any atom is -0.135 e. The van der Waals surface area contributed by atoms with Crippen LogP contribution in [0.1, 0.15) is 0 Å². The lowest BCUT2D eigenvalue weighted by atomic mass is 10.0. The first kappa shape index (κ1) is 17.9. The van der Waals surface area contributed by atoms with Crippen molar-refractivity contribution in [3.8, 4) is 11.1 Å². The van der Waals surface area contributed by atoms with E-state index >= 15 is 0 Å². The van der Waals surface area contributed by atoms with E-state index in [9.17, 15) is 0 Å². The van der Waals surface area contributed by atoms with Crippen LogP contribution in [0.15, 0.2) is 95.5 Å². The van der Waals surface area contributed by atoms with Crippen LogP contribution < -0.4 is 0 Å². The van der Waals surface area contributed by atoms with Crippen LogP contribution in [0.25, 0.3) is 62.2 Å². The molecule has 0 N–H and O–H groups in total. The van der Waals surface area contributed by atoms with E-state index in [4.69, 9.17) is 0 Å². The average molecular weight is 495 g/mol. The predicted molar refractivity (Wildman–Crippen MR) is 143 cm³/mol. The van der Waals surface area contributed by atoms with Crippen molar-refractivity contribution in [1.82, 2.24) is 0 Å². The van der Waals surface area contributed by atoms with Crippen molar-refractivity contribution in [2.24, 2.45) is 0 Å². The molecule has 0 unspecified atom stereocenters. The molecule has 7 rings (SSSR count). The smallest absolute Gasteiger partial charge is 0.0434 e. The molecular formula is C28H15BrS2. The summed E-state index contributed by atoms with van der Waals surface area (Å²) >= 11 is 7.42. The van der Waals surface area contributed by atoms with Crippen molar-refractivity contribution in [2.45, 2.75) is 0 Å². The van der Waals surface area contributed by atoms with Crippen molar-refractivity contribution >= 4 is 89.7 Å². The van der Waals surface area contributed by atoms with Gasteiger partial charge in [-0.1, -0.05) is 82.7 Å². The van der Waals surface area contributed by atoms with Crippen molar-refractivity contribution in [3.63, 3.8) is 0 Å². The molecule has 0 saturated heterocycles. The van der Waals surface area contributed by atoms with Crippen LogP contribution in [-0.4, -0.2) is 0 Å². The van der Waals surface area contributed by atoms with E-state index in [0.29, 0.717) is 0 Å². The molecule has 7 aromatic rings. The number of fused-ring (bicyclic) bond motifs is 8. The zero-order valence-electron chi connectivity index (χ0n) is 16.4. The number of halogens is 1. The molecule has 0 bridgehead atoms. The Balaban J connectivity index is 1.52. The monoisotopic (exact) mass is 494 g/mol. The number of thiophene rings is 2. The number of hydrogen-bond acceptors (Lipinski definition) is 2. The van der Waals surface area contributed by atoms with Crippen molar-refractivity contribution in [3.05, 3.63) is 95.5 Å². The Hall–Kier alpha value is -2.72. The van der Waals surface area contributed by atoms with Gasteiger partial charge in [-0.05, 0) is 46.2 Å². The molecule has 0 saturated carbocycles. The highest BCUT2D eigenvalue weighted by molar-refractivity contribution is 9.10. The highest BCUT2D eigenvalue weighted by atomic mass is 79.9. The lowest BCUT2D eigenvalue weighted by molar-refractivity contribution is 1.74. The first-order valence-electron chi connectivity index (χ1n) is 10.2. The molecule has 0 amide bonds. The van der Waals surface area contributed by atoms with Crippen LogP contribution in [-0.2, 0) is 0 Å². The summed E-state index contributed by atoms with van der Waals surface area (Å²) in [5.74, 6) is 0. The van der Waals surface area contributed by atoms with Crippen molar-refractivity contribution in [2.75, 3.05) is 0 Å². The summed E-state index contributed by atoms with van der Waals surface area (Å²) in [7, 11) is 0. The van der Waals surface area contributed by atoms with Crippen LogP contribution >= 0.6 is 38.6 Å². The largest absolute Gasteiger partial charge is 0.135 e. The average Bonchev–Trinajstić information content (AvgIpc) is 3.36. The van der Waals surface area contributed by atoms with Crippen molar-refractivity contribution in [1.29, 1.82) is 0 Å². The van der Waals surface area contributed by atoms with E-state index in [1.165, 1.54) is 62.2 Å². The molecule has 0 spiro atoms. The molecule has 0 radical (unpaired) electrons. The minimum absolute atomic E-state index is 1.13. The second-order valence-electron chi connectivity index (χ2n) is 7.90. The second kappa shape index (κ2) is 6.64. The predicted octanol–water partition coefficient (Wildman–Crippen LogP) is 10.0. The summed E-state index contributed by atoms with van der Waals surface area (Å²) in [6.07, 6.45) is 0. The van der Waals surface area contributed by atoms with E-state index in [1.807, 2.05) is 22.7 Å². The van der Waals surface area contributed by atoms with Gasteiger partial charge in [0.15, 0.2) is 0 Å². The third-order valence-electron chi connectivity index (χ3n) is 6.13. The lowest BCUT2D eigenvalue weighted by Gasteiger charge is -2.04. The molecule has 0 aliphatic rings. The zero-order chi connectivity index (χ0) is 20.5. The number of benzene rings is 5. The second-order valence-corrected chi connectivity index (χ2v) is 10.9. The summed E-state index contributed by atoms with van der Waals surface area (Å²) in [5, 5.41) is 8.02. The Morgan fingerprint density at radius 3 is 2.32 bits per heavy atom. The van der Waals surface area contributed by atoms with E-state index in [0.717, 1.165) is 4.47 Å². The first-order valence-corrected chi connectivity index (χ1v) is 12.6. The van der Waals surface area contributed by atoms with Crippen LogP contribution in [0, 0.1) is 0 Å². The van der Waals surface area contributed by atoms with Crippen LogP contribution in [0.3, 0.4) is 0 Å². The molecular weight excluding hydrogens is 480 g/mol. The van der Waals surface area contributed by atoms with Gasteiger partial charge in [-0.25, -0.2) is 0 Å². The van der Waals surface area contributed by atoms with Crippen LogP contribution in [0.4, 0.5) is 0 Å². The lowest BCUT2D eigenvalue weighted by Crippen LogP contribution is -1.78. The molecule has 0 nitrogen and oxygen atoms in total. The summed E-state index contributed by atoms with van der Waals surface area (Å²) in [4.78, 5) is 0. The summed E-state index contributed by atoms with van der Waals surface area (Å²) in [6.45, 7) is 0. The zero-order valence-corrected chi connectivity index (χ0v) is 19.6. The van der Waals surface area contributed by atoms with Crippen LogP contribution in [0.2, 0.25) is 0 Å². The fourth-order valence-electron chi connectivity index (χ4n) is 4.67. The Bertz CT molecular complexity index is 1800. The molecule has 0 aliphatic carbocycles. The van der Waals surface area contributed by atoms with E-state index in [1.54, 1.807) is 0 Å². The summed E-state index contributed by atoms with van der Waals surface area (Å²) < 4.78 is 6.56. The standard InChI is InChI=1S/C28H15BrS2/c29-18-10-13-25-24(15-18)21-11-9-17(14-26(21)30-25)20-6-3-7-22-23-12-8-16-4-1-2-5-19(16)27(23)31-28(20)22/h1-15H. The van der Waals surface area contributed by atoms with Gasteiger partial charge in [0.1, 0.15) is 0 Å². The van der Waals surface area contributed by atoms with Gasteiger partial charge in [0, 0.05) is 44.8 Å². The molecule has 2 heterocycles. The SMILES string of the molecule is Brc1ccc2sc3cc(-c4cccc5c4sc4c6ccccc6ccc54)ccc3c2c1. The number of hydrogen-bond donors (Lipinski definition) is 0. The molecule has 0 atom stereocenters. The van der Waals surface area contributed by atoms with Crippen LogP contribution in [0.5, 0.6) is 0 Å². The van der Waals surface area contributed by atoms with Gasteiger partial charge in [0.05, 0.1) is 0 Å². The third-order valence-corrected chi connectivity index (χ3v) is 9.05. The Morgan fingerprint density at radius 2 is 1.35 bits per heavy atom. The van der Waals surface area contributed by atoms with Gasteiger partial charge in [0.2, 0.25) is 0 Å². The van der Waals surface area contributed by atoms with Gasteiger partial charge >= 0.3 is 0 Å². The Morgan fingerprint density at radius 1 is 0.516 bits per heavy atom. The molecule has 5 aromatic carbocycles. The van der Waals surface area contributed by atoms with Gasteiger partial charge in [-0.3, -0.25) is 0 Å². The van der Waals surface area contributed by atoms with Gasteiger partial charge in [-0.15, -0.1) is 22.7 Å². The van der Waals surface area contributed by atoms with Gasteiger partial charge in [-0.2, -0.15) is 0 Å². The van der Waals surface area contributed by atoms with E-state index in [-0.39, 0.29) is 0 Å². The molecule has 0 fully saturated rings. The highest BCUT2D eigenvalue weighted by Crippen LogP contribution is 2.44. The van der Waals surface area contributed by atoms with Gasteiger partial charge in [0.25, 0.3) is 0 Å². The Labute approximate surface area is 195 Å². The fourth-order valence-corrected chi connectivity index (χ4v) is 7.53. The van der Waals surface area contributed by atoms with E-state index in [2.05, 4.69) is 107 Å².